The molecule has 0 saturated heterocycles. The fraction of sp³-hybridized carbons (Fsp3) is 0.174. The smallest absolute Gasteiger partial charge is 0.161 e. The van der Waals surface area contributed by atoms with Crippen molar-refractivity contribution >= 4 is 11.9 Å². The zero-order chi connectivity index (χ0) is 18.4. The molecule has 0 amide bonds. The van der Waals surface area contributed by atoms with Gasteiger partial charge in [0.2, 0.25) is 0 Å². The summed E-state index contributed by atoms with van der Waals surface area (Å²) in [5.74, 6) is 1.42. The SMILES string of the molecule is COc1cc(C=Nc2ccc(C)cc2)ccc1OCc1ccc(C)cc1. The van der Waals surface area contributed by atoms with Gasteiger partial charge in [-0.1, -0.05) is 47.5 Å². The van der Waals surface area contributed by atoms with E-state index in [1.54, 1.807) is 7.11 Å². The molecule has 132 valence electrons. The molecule has 3 aromatic rings. The molecule has 0 aliphatic carbocycles. The fourth-order valence-electron chi connectivity index (χ4n) is 2.51. The second-order valence-corrected chi connectivity index (χ2v) is 6.28. The van der Waals surface area contributed by atoms with Crippen LogP contribution in [0.5, 0.6) is 11.5 Å². The number of methoxy groups -OCH3 is 1. The van der Waals surface area contributed by atoms with Gasteiger partial charge in [-0.2, -0.15) is 0 Å². The maximum atomic E-state index is 5.92. The molecule has 0 spiro atoms. The molecule has 0 unspecified atom stereocenters. The van der Waals surface area contributed by atoms with Crippen molar-refractivity contribution in [3.63, 3.8) is 0 Å². The third-order valence-electron chi connectivity index (χ3n) is 4.10. The van der Waals surface area contributed by atoms with Gasteiger partial charge >= 0.3 is 0 Å². The molecule has 26 heavy (non-hydrogen) atoms. The number of rotatable bonds is 6. The number of ether oxygens (including phenoxy) is 2. The van der Waals surface area contributed by atoms with E-state index in [0.29, 0.717) is 12.4 Å². The Morgan fingerprint density at radius 1 is 0.808 bits per heavy atom. The Bertz CT molecular complexity index is 881. The first-order valence-electron chi connectivity index (χ1n) is 8.61. The minimum Gasteiger partial charge on any atom is -0.493 e. The molecule has 0 saturated carbocycles. The lowest BCUT2D eigenvalue weighted by molar-refractivity contribution is 0.284. The third kappa shape index (κ3) is 4.73. The van der Waals surface area contributed by atoms with Crippen LogP contribution in [0.2, 0.25) is 0 Å². The van der Waals surface area contributed by atoms with Gasteiger partial charge in [0.1, 0.15) is 6.61 Å². The summed E-state index contributed by atoms with van der Waals surface area (Å²) in [5, 5.41) is 0. The van der Waals surface area contributed by atoms with Gasteiger partial charge in [-0.05, 0) is 55.3 Å². The quantitative estimate of drug-likeness (QED) is 0.541. The molecule has 3 aromatic carbocycles. The monoisotopic (exact) mass is 345 g/mol. The molecular weight excluding hydrogens is 322 g/mol. The predicted octanol–water partition coefficient (Wildman–Crippen LogP) is 5.64. The van der Waals surface area contributed by atoms with Crippen LogP contribution < -0.4 is 9.47 Å². The maximum absolute atomic E-state index is 5.92. The Balaban J connectivity index is 1.70. The molecule has 3 heteroatoms. The molecule has 0 fully saturated rings. The van der Waals surface area contributed by atoms with E-state index in [0.717, 1.165) is 22.6 Å². The van der Waals surface area contributed by atoms with Crippen LogP contribution in [0, 0.1) is 13.8 Å². The average Bonchev–Trinajstić information content (AvgIpc) is 2.67. The van der Waals surface area contributed by atoms with Gasteiger partial charge < -0.3 is 9.47 Å². The summed E-state index contributed by atoms with van der Waals surface area (Å²) in [6.45, 7) is 4.64. The summed E-state index contributed by atoms with van der Waals surface area (Å²) >= 11 is 0. The van der Waals surface area contributed by atoms with E-state index in [9.17, 15) is 0 Å². The van der Waals surface area contributed by atoms with E-state index in [4.69, 9.17) is 9.47 Å². The lowest BCUT2D eigenvalue weighted by Gasteiger charge is -2.11. The van der Waals surface area contributed by atoms with E-state index < -0.39 is 0 Å². The number of aryl methyl sites for hydroxylation is 2. The lowest BCUT2D eigenvalue weighted by atomic mass is 10.1. The van der Waals surface area contributed by atoms with Crippen LogP contribution in [0.4, 0.5) is 5.69 Å². The second-order valence-electron chi connectivity index (χ2n) is 6.28. The summed E-state index contributed by atoms with van der Waals surface area (Å²) in [7, 11) is 1.65. The first kappa shape index (κ1) is 17.7. The zero-order valence-corrected chi connectivity index (χ0v) is 15.4. The van der Waals surface area contributed by atoms with Crippen molar-refractivity contribution < 1.29 is 9.47 Å². The van der Waals surface area contributed by atoms with Crippen LogP contribution in [0.3, 0.4) is 0 Å². The number of nitrogens with zero attached hydrogens (tertiary/aromatic N) is 1. The largest absolute Gasteiger partial charge is 0.493 e. The molecule has 0 bridgehead atoms. The molecule has 0 atom stereocenters. The van der Waals surface area contributed by atoms with Gasteiger partial charge in [0.25, 0.3) is 0 Å². The van der Waals surface area contributed by atoms with Crippen molar-refractivity contribution in [1.82, 2.24) is 0 Å². The number of hydrogen-bond donors (Lipinski definition) is 0. The van der Waals surface area contributed by atoms with Crippen LogP contribution in [0.15, 0.2) is 71.7 Å². The van der Waals surface area contributed by atoms with Crippen LogP contribution in [0.1, 0.15) is 22.3 Å². The van der Waals surface area contributed by atoms with Gasteiger partial charge in [-0.3, -0.25) is 4.99 Å². The van der Waals surface area contributed by atoms with E-state index >= 15 is 0 Å². The van der Waals surface area contributed by atoms with Gasteiger partial charge in [0, 0.05) is 6.21 Å². The predicted molar refractivity (Wildman–Crippen MR) is 107 cm³/mol. The molecule has 0 N–H and O–H groups in total. The van der Waals surface area contributed by atoms with Crippen molar-refractivity contribution in [2.24, 2.45) is 4.99 Å². The van der Waals surface area contributed by atoms with E-state index in [-0.39, 0.29) is 0 Å². The van der Waals surface area contributed by atoms with Crippen LogP contribution in [-0.2, 0) is 6.61 Å². The number of benzene rings is 3. The highest BCUT2D eigenvalue weighted by Gasteiger charge is 2.05. The Labute approximate surface area is 154 Å². The molecule has 0 aliphatic heterocycles. The summed E-state index contributed by atoms with van der Waals surface area (Å²) in [4.78, 5) is 4.50. The zero-order valence-electron chi connectivity index (χ0n) is 15.4. The standard InChI is InChI=1S/C23H23NO2/c1-17-4-8-19(9-5-17)16-26-22-13-10-20(14-23(22)25-3)15-24-21-11-6-18(2)7-12-21/h4-15H,16H2,1-3H3. The summed E-state index contributed by atoms with van der Waals surface area (Å²) < 4.78 is 11.4. The van der Waals surface area contributed by atoms with Crippen molar-refractivity contribution in [3.05, 3.63) is 89.0 Å². The first-order chi connectivity index (χ1) is 12.6. The van der Waals surface area contributed by atoms with Gasteiger partial charge in [0.15, 0.2) is 11.5 Å². The number of aliphatic imine (C=N–C) groups is 1. The molecule has 0 aliphatic rings. The fourth-order valence-corrected chi connectivity index (χ4v) is 2.51. The minimum absolute atomic E-state index is 0.507. The molecule has 3 rings (SSSR count). The molecular formula is C23H23NO2. The summed E-state index contributed by atoms with van der Waals surface area (Å²) in [5.41, 5.74) is 5.48. The van der Waals surface area contributed by atoms with Gasteiger partial charge in [0.05, 0.1) is 12.8 Å². The Hall–Kier alpha value is -3.07. The van der Waals surface area contributed by atoms with Crippen molar-refractivity contribution in [1.29, 1.82) is 0 Å². The highest BCUT2D eigenvalue weighted by atomic mass is 16.5. The van der Waals surface area contributed by atoms with E-state index in [1.165, 1.54) is 11.1 Å². The molecule has 3 nitrogen and oxygen atoms in total. The number of hydrogen-bond acceptors (Lipinski definition) is 3. The maximum Gasteiger partial charge on any atom is 0.161 e. The van der Waals surface area contributed by atoms with Crippen LogP contribution >= 0.6 is 0 Å². The molecule has 0 heterocycles. The Morgan fingerprint density at radius 2 is 1.46 bits per heavy atom. The lowest BCUT2D eigenvalue weighted by Crippen LogP contribution is -1.98. The highest BCUT2D eigenvalue weighted by Crippen LogP contribution is 2.28. The normalized spacial score (nSPS) is 10.9. The molecule has 0 radical (unpaired) electrons. The summed E-state index contributed by atoms with van der Waals surface area (Å²) in [6.07, 6.45) is 1.83. The second kappa shape index (κ2) is 8.34. The van der Waals surface area contributed by atoms with Crippen LogP contribution in [0.25, 0.3) is 0 Å². The van der Waals surface area contributed by atoms with Gasteiger partial charge in [-0.25, -0.2) is 0 Å². The minimum atomic E-state index is 0.507. The first-order valence-corrected chi connectivity index (χ1v) is 8.61. The topological polar surface area (TPSA) is 30.8 Å². The Morgan fingerprint density at radius 3 is 2.12 bits per heavy atom. The van der Waals surface area contributed by atoms with E-state index in [1.807, 2.05) is 36.5 Å². The third-order valence-corrected chi connectivity index (χ3v) is 4.10. The summed E-state index contributed by atoms with van der Waals surface area (Å²) in [6, 6.07) is 22.3. The molecule has 0 aromatic heterocycles. The van der Waals surface area contributed by atoms with Crippen molar-refractivity contribution in [2.45, 2.75) is 20.5 Å². The van der Waals surface area contributed by atoms with Crippen molar-refractivity contribution in [2.75, 3.05) is 7.11 Å². The Kier molecular flexibility index (Phi) is 5.69. The van der Waals surface area contributed by atoms with Gasteiger partial charge in [-0.15, -0.1) is 0 Å². The van der Waals surface area contributed by atoms with Crippen molar-refractivity contribution in [3.8, 4) is 11.5 Å². The average molecular weight is 345 g/mol. The van der Waals surface area contributed by atoms with E-state index in [2.05, 4.69) is 55.2 Å². The van der Waals surface area contributed by atoms with Crippen LogP contribution in [-0.4, -0.2) is 13.3 Å². The highest BCUT2D eigenvalue weighted by molar-refractivity contribution is 5.83.